The topological polar surface area (TPSA) is 79.7 Å². The predicted octanol–water partition coefficient (Wildman–Crippen LogP) is 5.38. The zero-order valence-electron chi connectivity index (χ0n) is 18.2. The number of amides is 1. The third kappa shape index (κ3) is 4.72. The van der Waals surface area contributed by atoms with E-state index in [9.17, 15) is 27.9 Å². The highest BCUT2D eigenvalue weighted by Gasteiger charge is 2.46. The number of aliphatic hydroxyl groups is 1. The first-order valence-corrected chi connectivity index (χ1v) is 10.7. The molecule has 1 atom stereocenters. The van der Waals surface area contributed by atoms with E-state index >= 15 is 0 Å². The highest BCUT2D eigenvalue weighted by Crippen LogP contribution is 2.41. The fourth-order valence-corrected chi connectivity index (χ4v) is 4.13. The van der Waals surface area contributed by atoms with Gasteiger partial charge in [0.2, 0.25) is 0 Å². The summed E-state index contributed by atoms with van der Waals surface area (Å²) in [5.74, 6) is -2.17. The maximum Gasteiger partial charge on any atom is 0.416 e. The molecule has 2 aromatic carbocycles. The molecule has 6 nitrogen and oxygen atoms in total. The predicted molar refractivity (Wildman–Crippen MR) is 122 cm³/mol. The van der Waals surface area contributed by atoms with E-state index in [2.05, 4.69) is 4.98 Å². The molecule has 10 heteroatoms. The standard InChI is InChI=1S/C25H18ClF3N2O4/c1-35-19-11-15(7-8-18(19)26)22(32)20-21(16-5-3-9-30-12-16)31(24(34)23(20)33)13-14-4-2-6-17(10-14)25(27,28)29/h2-12,21,32H,13H2,1H3/b22-20+. The van der Waals surface area contributed by atoms with Gasteiger partial charge in [-0.1, -0.05) is 29.8 Å². The maximum absolute atomic E-state index is 13.2. The number of ether oxygens (including phenoxy) is 1. The number of hydrogen-bond acceptors (Lipinski definition) is 5. The summed E-state index contributed by atoms with van der Waals surface area (Å²) >= 11 is 6.06. The third-order valence-corrected chi connectivity index (χ3v) is 5.88. The van der Waals surface area contributed by atoms with E-state index in [1.54, 1.807) is 12.1 Å². The van der Waals surface area contributed by atoms with Gasteiger partial charge in [-0.15, -0.1) is 0 Å². The zero-order valence-corrected chi connectivity index (χ0v) is 19.0. The molecule has 1 saturated heterocycles. The first-order valence-electron chi connectivity index (χ1n) is 10.3. The quantitative estimate of drug-likeness (QED) is 0.288. The average molecular weight is 503 g/mol. The van der Waals surface area contributed by atoms with Crippen molar-refractivity contribution in [3.63, 3.8) is 0 Å². The zero-order chi connectivity index (χ0) is 25.3. The van der Waals surface area contributed by atoms with Gasteiger partial charge in [0.25, 0.3) is 11.7 Å². The molecule has 1 aromatic heterocycles. The van der Waals surface area contributed by atoms with Crippen molar-refractivity contribution in [1.82, 2.24) is 9.88 Å². The van der Waals surface area contributed by atoms with E-state index in [-0.39, 0.29) is 34.0 Å². The van der Waals surface area contributed by atoms with Gasteiger partial charge in [0.05, 0.1) is 29.3 Å². The van der Waals surface area contributed by atoms with Crippen LogP contribution in [-0.2, 0) is 22.3 Å². The first kappa shape index (κ1) is 24.3. The normalized spacial score (nSPS) is 17.6. The van der Waals surface area contributed by atoms with Crippen molar-refractivity contribution in [3.8, 4) is 5.75 Å². The smallest absolute Gasteiger partial charge is 0.416 e. The number of alkyl halides is 3. The monoisotopic (exact) mass is 502 g/mol. The van der Waals surface area contributed by atoms with E-state index in [0.717, 1.165) is 17.0 Å². The fraction of sp³-hybridized carbons (Fsp3) is 0.160. The molecule has 1 unspecified atom stereocenters. The van der Waals surface area contributed by atoms with Gasteiger partial charge in [-0.25, -0.2) is 0 Å². The number of carbonyl (C=O) groups is 2. The molecule has 1 amide bonds. The van der Waals surface area contributed by atoms with Gasteiger partial charge in [0.15, 0.2) is 0 Å². The molecule has 180 valence electrons. The Morgan fingerprint density at radius 3 is 2.57 bits per heavy atom. The van der Waals surface area contributed by atoms with Gasteiger partial charge in [-0.3, -0.25) is 14.6 Å². The summed E-state index contributed by atoms with van der Waals surface area (Å²) in [4.78, 5) is 31.3. The van der Waals surface area contributed by atoms with Crippen LogP contribution >= 0.6 is 11.6 Å². The lowest BCUT2D eigenvalue weighted by molar-refractivity contribution is -0.140. The highest BCUT2D eigenvalue weighted by atomic mass is 35.5. The van der Waals surface area contributed by atoms with Crippen molar-refractivity contribution in [2.45, 2.75) is 18.8 Å². The van der Waals surface area contributed by atoms with Crippen LogP contribution < -0.4 is 4.74 Å². The van der Waals surface area contributed by atoms with Crippen molar-refractivity contribution in [2.75, 3.05) is 7.11 Å². The number of rotatable bonds is 5. The van der Waals surface area contributed by atoms with E-state index < -0.39 is 35.2 Å². The lowest BCUT2D eigenvalue weighted by atomic mass is 9.96. The Hall–Kier alpha value is -3.85. The second-order valence-electron chi connectivity index (χ2n) is 7.76. The number of halogens is 4. The van der Waals surface area contributed by atoms with Gasteiger partial charge in [-0.05, 0) is 47.5 Å². The van der Waals surface area contributed by atoms with Crippen LogP contribution in [0.15, 0.2) is 72.6 Å². The summed E-state index contributed by atoms with van der Waals surface area (Å²) in [5, 5.41) is 11.4. The fourth-order valence-electron chi connectivity index (χ4n) is 3.93. The summed E-state index contributed by atoms with van der Waals surface area (Å²) in [6.45, 7) is -0.297. The number of hydrogen-bond donors (Lipinski definition) is 1. The van der Waals surface area contributed by atoms with Crippen LogP contribution in [0, 0.1) is 0 Å². The lowest BCUT2D eigenvalue weighted by Gasteiger charge is -2.25. The number of carbonyl (C=O) groups excluding carboxylic acids is 2. The lowest BCUT2D eigenvalue weighted by Crippen LogP contribution is -2.29. The van der Waals surface area contributed by atoms with Crippen molar-refractivity contribution in [2.24, 2.45) is 0 Å². The number of ketones is 1. The number of nitrogens with zero attached hydrogens (tertiary/aromatic N) is 2. The number of benzene rings is 2. The van der Waals surface area contributed by atoms with E-state index in [1.165, 1.54) is 49.8 Å². The number of aliphatic hydroxyl groups excluding tert-OH is 1. The molecule has 0 radical (unpaired) electrons. The molecule has 2 heterocycles. The summed E-state index contributed by atoms with van der Waals surface area (Å²) in [7, 11) is 1.38. The maximum atomic E-state index is 13.2. The van der Waals surface area contributed by atoms with Crippen molar-refractivity contribution < 1.29 is 32.6 Å². The van der Waals surface area contributed by atoms with E-state index in [1.807, 2.05) is 0 Å². The van der Waals surface area contributed by atoms with E-state index in [4.69, 9.17) is 16.3 Å². The number of likely N-dealkylation sites (tertiary alicyclic amines) is 1. The molecule has 1 N–H and O–H groups in total. The molecule has 0 bridgehead atoms. The number of methoxy groups -OCH3 is 1. The Bertz CT molecular complexity index is 1330. The Morgan fingerprint density at radius 2 is 1.91 bits per heavy atom. The van der Waals surface area contributed by atoms with Gasteiger partial charge in [0, 0.05) is 24.5 Å². The molecule has 0 aliphatic carbocycles. The van der Waals surface area contributed by atoms with Gasteiger partial charge < -0.3 is 14.7 Å². The summed E-state index contributed by atoms with van der Waals surface area (Å²) in [6.07, 6.45) is -1.65. The summed E-state index contributed by atoms with van der Waals surface area (Å²) < 4.78 is 44.8. The minimum atomic E-state index is -4.57. The second-order valence-corrected chi connectivity index (χ2v) is 8.17. The SMILES string of the molecule is COc1cc(/C(O)=C2\C(=O)C(=O)N(Cc3cccc(C(F)(F)F)c3)C2c2cccnc2)ccc1Cl. The molecule has 1 aliphatic rings. The Kier molecular flexibility index (Phi) is 6.53. The van der Waals surface area contributed by atoms with Crippen LogP contribution in [0.4, 0.5) is 13.2 Å². The van der Waals surface area contributed by atoms with Crippen molar-refractivity contribution >= 4 is 29.1 Å². The van der Waals surface area contributed by atoms with Crippen LogP contribution in [0.2, 0.25) is 5.02 Å². The largest absolute Gasteiger partial charge is 0.507 e. The average Bonchev–Trinajstić information content (AvgIpc) is 3.09. The number of pyridine rings is 1. The molecule has 4 rings (SSSR count). The van der Waals surface area contributed by atoms with Crippen LogP contribution in [-0.4, -0.2) is 33.8 Å². The van der Waals surface area contributed by atoms with E-state index in [0.29, 0.717) is 5.56 Å². The number of aromatic nitrogens is 1. The Labute approximate surface area is 203 Å². The van der Waals surface area contributed by atoms with Gasteiger partial charge >= 0.3 is 6.18 Å². The molecule has 1 aliphatic heterocycles. The first-order chi connectivity index (χ1) is 16.6. The Morgan fingerprint density at radius 1 is 1.14 bits per heavy atom. The van der Waals surface area contributed by atoms with Crippen LogP contribution in [0.5, 0.6) is 5.75 Å². The van der Waals surface area contributed by atoms with Crippen LogP contribution in [0.1, 0.15) is 28.3 Å². The van der Waals surface area contributed by atoms with Crippen LogP contribution in [0.25, 0.3) is 5.76 Å². The number of Topliss-reactive ketones (excluding diaryl/α,β-unsaturated/α-hetero) is 1. The second kappa shape index (κ2) is 9.42. The Balaban J connectivity index is 1.84. The third-order valence-electron chi connectivity index (χ3n) is 5.57. The molecular formula is C25H18ClF3N2O4. The van der Waals surface area contributed by atoms with Gasteiger partial charge in [-0.2, -0.15) is 13.2 Å². The van der Waals surface area contributed by atoms with Crippen molar-refractivity contribution in [1.29, 1.82) is 0 Å². The van der Waals surface area contributed by atoms with Crippen LogP contribution in [0.3, 0.4) is 0 Å². The summed E-state index contributed by atoms with van der Waals surface area (Å²) in [5.41, 5.74) is -0.348. The molecule has 1 fully saturated rings. The minimum Gasteiger partial charge on any atom is -0.507 e. The van der Waals surface area contributed by atoms with Crippen molar-refractivity contribution in [3.05, 3.63) is 99.8 Å². The molecule has 35 heavy (non-hydrogen) atoms. The molecule has 0 spiro atoms. The molecular weight excluding hydrogens is 485 g/mol. The molecule has 0 saturated carbocycles. The highest BCUT2D eigenvalue weighted by molar-refractivity contribution is 6.46. The minimum absolute atomic E-state index is 0.170. The molecule has 3 aromatic rings. The van der Waals surface area contributed by atoms with Gasteiger partial charge in [0.1, 0.15) is 11.5 Å². The summed E-state index contributed by atoms with van der Waals surface area (Å²) in [6, 6.07) is 11.0.